The summed E-state index contributed by atoms with van der Waals surface area (Å²) in [5.41, 5.74) is 2.78. The molecular formula is C21H27N3OS. The molecule has 3 rings (SSSR count). The number of aromatic nitrogens is 1. The molecule has 1 N–H and O–H groups in total. The Morgan fingerprint density at radius 1 is 1.27 bits per heavy atom. The Labute approximate surface area is 160 Å². The molecule has 0 spiro atoms. The lowest BCUT2D eigenvalue weighted by Crippen LogP contribution is -2.40. The first-order chi connectivity index (χ1) is 12.7. The van der Waals surface area contributed by atoms with Crippen molar-refractivity contribution in [3.05, 3.63) is 59.4 Å². The van der Waals surface area contributed by atoms with Gasteiger partial charge in [0.15, 0.2) is 0 Å². The van der Waals surface area contributed by atoms with E-state index in [9.17, 15) is 4.79 Å². The van der Waals surface area contributed by atoms with Gasteiger partial charge in [-0.2, -0.15) is 0 Å². The summed E-state index contributed by atoms with van der Waals surface area (Å²) < 4.78 is 0. The number of rotatable bonds is 5. The second-order valence-electron chi connectivity index (χ2n) is 6.77. The topological polar surface area (TPSA) is 45.2 Å². The quantitative estimate of drug-likeness (QED) is 0.812. The molecule has 1 fully saturated rings. The third kappa shape index (κ3) is 4.65. The van der Waals surface area contributed by atoms with Crippen LogP contribution in [0.25, 0.3) is 0 Å². The zero-order valence-corrected chi connectivity index (χ0v) is 16.4. The molecule has 0 bridgehead atoms. The average molecular weight is 370 g/mol. The van der Waals surface area contributed by atoms with E-state index in [4.69, 9.17) is 0 Å². The maximum Gasteiger partial charge on any atom is 0.254 e. The summed E-state index contributed by atoms with van der Waals surface area (Å²) in [6, 6.07) is 12.3. The number of carbonyl (C=O) groups is 1. The van der Waals surface area contributed by atoms with E-state index >= 15 is 0 Å². The van der Waals surface area contributed by atoms with Crippen LogP contribution >= 0.6 is 11.8 Å². The number of amides is 1. The van der Waals surface area contributed by atoms with E-state index < -0.39 is 0 Å². The molecule has 1 aliphatic rings. The van der Waals surface area contributed by atoms with Gasteiger partial charge >= 0.3 is 0 Å². The molecule has 0 radical (unpaired) electrons. The second-order valence-corrected chi connectivity index (χ2v) is 7.65. The van der Waals surface area contributed by atoms with Crippen LogP contribution in [0.1, 0.15) is 40.9 Å². The third-order valence-corrected chi connectivity index (χ3v) is 5.71. The summed E-state index contributed by atoms with van der Waals surface area (Å²) in [6.07, 6.45) is 6.96. The van der Waals surface area contributed by atoms with Crippen LogP contribution in [0.2, 0.25) is 0 Å². The van der Waals surface area contributed by atoms with Gasteiger partial charge in [-0.15, -0.1) is 11.8 Å². The van der Waals surface area contributed by atoms with E-state index in [-0.39, 0.29) is 11.9 Å². The molecule has 1 aromatic carbocycles. The minimum absolute atomic E-state index is 0.121. The van der Waals surface area contributed by atoms with Crippen LogP contribution in [-0.4, -0.2) is 41.2 Å². The molecule has 2 aromatic rings. The number of hydrogen-bond acceptors (Lipinski definition) is 4. The Morgan fingerprint density at radius 3 is 2.92 bits per heavy atom. The number of thioether (sulfide) groups is 1. The van der Waals surface area contributed by atoms with Gasteiger partial charge in [0.05, 0.1) is 12.2 Å². The van der Waals surface area contributed by atoms with Crippen molar-refractivity contribution in [1.82, 2.24) is 15.2 Å². The van der Waals surface area contributed by atoms with E-state index in [0.717, 1.165) is 54.1 Å². The monoisotopic (exact) mass is 369 g/mol. The Balaban J connectivity index is 1.92. The van der Waals surface area contributed by atoms with Crippen LogP contribution in [0.3, 0.4) is 0 Å². The van der Waals surface area contributed by atoms with Gasteiger partial charge in [-0.05, 0) is 75.4 Å². The van der Waals surface area contributed by atoms with Gasteiger partial charge in [-0.25, -0.2) is 0 Å². The van der Waals surface area contributed by atoms with Gasteiger partial charge in [0, 0.05) is 22.7 Å². The standard InChI is InChI=1S/C21H27N3OS/c1-16-8-9-19(26-2)14-20(16)21(25)24(15-17-6-3-4-12-23-17)18-7-5-11-22-13-10-18/h3-4,6,8-9,12,14,18,22H,5,7,10-11,13,15H2,1-2H3. The third-order valence-electron chi connectivity index (χ3n) is 4.98. The van der Waals surface area contributed by atoms with Crippen LogP contribution in [-0.2, 0) is 6.54 Å². The van der Waals surface area contributed by atoms with Crippen molar-refractivity contribution in [1.29, 1.82) is 0 Å². The summed E-state index contributed by atoms with van der Waals surface area (Å²) in [7, 11) is 0. The first-order valence-corrected chi connectivity index (χ1v) is 10.5. The number of benzene rings is 1. The highest BCUT2D eigenvalue weighted by molar-refractivity contribution is 7.98. The molecule has 1 saturated heterocycles. The van der Waals surface area contributed by atoms with Gasteiger partial charge in [-0.1, -0.05) is 12.1 Å². The normalized spacial score (nSPS) is 17.5. The zero-order valence-electron chi connectivity index (χ0n) is 15.6. The molecule has 0 saturated carbocycles. The van der Waals surface area contributed by atoms with E-state index in [1.165, 1.54) is 0 Å². The molecule has 5 heteroatoms. The highest BCUT2D eigenvalue weighted by Crippen LogP contribution is 2.24. The lowest BCUT2D eigenvalue weighted by molar-refractivity contribution is 0.0641. The molecule has 1 aliphatic heterocycles. The summed E-state index contributed by atoms with van der Waals surface area (Å²) >= 11 is 1.67. The number of carbonyl (C=O) groups excluding carboxylic acids is 1. The second kappa shape index (κ2) is 9.19. The van der Waals surface area contributed by atoms with Crippen LogP contribution in [0.4, 0.5) is 0 Å². The van der Waals surface area contributed by atoms with Gasteiger partial charge in [-0.3, -0.25) is 9.78 Å². The molecule has 1 aromatic heterocycles. The van der Waals surface area contributed by atoms with Crippen LogP contribution in [0.5, 0.6) is 0 Å². The fourth-order valence-electron chi connectivity index (χ4n) is 3.46. The van der Waals surface area contributed by atoms with E-state index in [1.807, 2.05) is 48.4 Å². The average Bonchev–Trinajstić information content (AvgIpc) is 2.96. The van der Waals surface area contributed by atoms with Crippen molar-refractivity contribution in [2.45, 2.75) is 43.7 Å². The van der Waals surface area contributed by atoms with Crippen molar-refractivity contribution < 1.29 is 4.79 Å². The summed E-state index contributed by atoms with van der Waals surface area (Å²) in [5, 5.41) is 3.45. The van der Waals surface area contributed by atoms with Gasteiger partial charge in [0.25, 0.3) is 5.91 Å². The number of aryl methyl sites for hydroxylation is 1. The fraction of sp³-hybridized carbons (Fsp3) is 0.429. The Morgan fingerprint density at radius 2 is 2.15 bits per heavy atom. The molecular weight excluding hydrogens is 342 g/mol. The van der Waals surface area contributed by atoms with Crippen molar-refractivity contribution in [2.75, 3.05) is 19.3 Å². The summed E-state index contributed by atoms with van der Waals surface area (Å²) in [4.78, 5) is 21.1. The Bertz CT molecular complexity index is 727. The fourth-order valence-corrected chi connectivity index (χ4v) is 3.90. The van der Waals surface area contributed by atoms with E-state index in [0.29, 0.717) is 6.54 Å². The van der Waals surface area contributed by atoms with Crippen LogP contribution in [0, 0.1) is 6.92 Å². The van der Waals surface area contributed by atoms with Crippen molar-refractivity contribution in [2.24, 2.45) is 0 Å². The molecule has 0 aliphatic carbocycles. The lowest BCUT2D eigenvalue weighted by Gasteiger charge is -2.31. The first-order valence-electron chi connectivity index (χ1n) is 9.25. The zero-order chi connectivity index (χ0) is 18.4. The van der Waals surface area contributed by atoms with E-state index in [2.05, 4.69) is 16.4 Å². The number of nitrogens with zero attached hydrogens (tertiary/aromatic N) is 2. The van der Waals surface area contributed by atoms with Gasteiger partial charge in [0.2, 0.25) is 0 Å². The maximum atomic E-state index is 13.5. The first kappa shape index (κ1) is 18.9. The predicted octanol–water partition coefficient (Wildman–Crippen LogP) is 3.90. The number of hydrogen-bond donors (Lipinski definition) is 1. The molecule has 2 heterocycles. The largest absolute Gasteiger partial charge is 0.330 e. The number of nitrogens with one attached hydrogen (secondary N) is 1. The highest BCUT2D eigenvalue weighted by Gasteiger charge is 2.27. The van der Waals surface area contributed by atoms with Crippen LogP contribution in [0.15, 0.2) is 47.5 Å². The molecule has 1 atom stereocenters. The molecule has 26 heavy (non-hydrogen) atoms. The van der Waals surface area contributed by atoms with Crippen LogP contribution < -0.4 is 5.32 Å². The van der Waals surface area contributed by atoms with Gasteiger partial charge < -0.3 is 10.2 Å². The van der Waals surface area contributed by atoms with Crippen molar-refractivity contribution in [3.63, 3.8) is 0 Å². The maximum absolute atomic E-state index is 13.5. The highest BCUT2D eigenvalue weighted by atomic mass is 32.2. The molecule has 138 valence electrons. The number of pyridine rings is 1. The van der Waals surface area contributed by atoms with Crippen molar-refractivity contribution in [3.8, 4) is 0 Å². The van der Waals surface area contributed by atoms with E-state index in [1.54, 1.807) is 18.0 Å². The Hall–Kier alpha value is -1.85. The van der Waals surface area contributed by atoms with Crippen molar-refractivity contribution >= 4 is 17.7 Å². The molecule has 1 amide bonds. The smallest absolute Gasteiger partial charge is 0.254 e. The molecule has 1 unspecified atom stereocenters. The lowest BCUT2D eigenvalue weighted by atomic mass is 10.0. The minimum Gasteiger partial charge on any atom is -0.330 e. The Kier molecular flexibility index (Phi) is 6.69. The summed E-state index contributed by atoms with van der Waals surface area (Å²) in [6.45, 7) is 4.57. The predicted molar refractivity (Wildman–Crippen MR) is 108 cm³/mol. The van der Waals surface area contributed by atoms with Gasteiger partial charge in [0.1, 0.15) is 0 Å². The molecule has 4 nitrogen and oxygen atoms in total. The SMILES string of the molecule is CSc1ccc(C)c(C(=O)N(Cc2ccccn2)C2CCCNCC2)c1. The minimum atomic E-state index is 0.121. The summed E-state index contributed by atoms with van der Waals surface area (Å²) in [5.74, 6) is 0.121.